The first-order chi connectivity index (χ1) is 12.0. The van der Waals surface area contributed by atoms with E-state index in [1.165, 1.54) is 0 Å². The normalized spacial score (nSPS) is 10.8. The van der Waals surface area contributed by atoms with Gasteiger partial charge in [-0.25, -0.2) is 9.78 Å². The molecule has 0 aliphatic heterocycles. The Morgan fingerprint density at radius 1 is 0.960 bits per heavy atom. The molecule has 2 aromatic carbocycles. The van der Waals surface area contributed by atoms with Crippen LogP contribution in [0.1, 0.15) is 46.2 Å². The molecule has 126 valence electrons. The summed E-state index contributed by atoms with van der Waals surface area (Å²) in [7, 11) is 0. The van der Waals surface area contributed by atoms with Crippen LogP contribution in [0.4, 0.5) is 0 Å². The van der Waals surface area contributed by atoms with Gasteiger partial charge >= 0.3 is 5.97 Å². The van der Waals surface area contributed by atoms with Gasteiger partial charge in [0.15, 0.2) is 12.4 Å². The van der Waals surface area contributed by atoms with Crippen molar-refractivity contribution in [2.45, 2.75) is 19.8 Å². The molecule has 0 aliphatic carbocycles. The number of ketones is 1. The van der Waals surface area contributed by atoms with E-state index in [2.05, 4.69) is 18.8 Å². The third-order valence-corrected chi connectivity index (χ3v) is 4.04. The number of ether oxygens (including phenoxy) is 1. The maximum atomic E-state index is 12.2. The minimum absolute atomic E-state index is 0.196. The number of rotatable bonds is 5. The topological polar surface area (TPSA) is 56.3 Å². The molecule has 3 rings (SSSR count). The SMILES string of the molecule is CC(C)c1ccc(C(=O)COC(=O)c2ccc3ccccc3n2)cc1. The molecule has 4 nitrogen and oxygen atoms in total. The molecular weight excluding hydrogens is 314 g/mol. The number of carbonyl (C=O) groups is 2. The Kier molecular flexibility index (Phi) is 4.89. The molecule has 0 saturated heterocycles. The lowest BCUT2D eigenvalue weighted by Gasteiger charge is -2.07. The van der Waals surface area contributed by atoms with E-state index < -0.39 is 5.97 Å². The lowest BCUT2D eigenvalue weighted by molar-refractivity contribution is 0.0469. The van der Waals surface area contributed by atoms with Crippen LogP contribution in [-0.4, -0.2) is 23.3 Å². The molecule has 0 saturated carbocycles. The van der Waals surface area contributed by atoms with E-state index >= 15 is 0 Å². The lowest BCUT2D eigenvalue weighted by Crippen LogP contribution is -2.15. The van der Waals surface area contributed by atoms with Crippen LogP contribution in [0.15, 0.2) is 60.7 Å². The maximum Gasteiger partial charge on any atom is 0.357 e. The molecule has 1 aromatic heterocycles. The zero-order valence-electron chi connectivity index (χ0n) is 14.2. The van der Waals surface area contributed by atoms with Crippen molar-refractivity contribution in [3.63, 3.8) is 0 Å². The number of para-hydroxylation sites is 1. The van der Waals surface area contributed by atoms with Gasteiger partial charge in [-0.3, -0.25) is 4.79 Å². The Bertz CT molecular complexity index is 914. The predicted molar refractivity (Wildman–Crippen MR) is 96.9 cm³/mol. The molecule has 1 heterocycles. The molecule has 4 heteroatoms. The number of benzene rings is 2. The highest BCUT2D eigenvalue weighted by molar-refractivity contribution is 5.99. The summed E-state index contributed by atoms with van der Waals surface area (Å²) in [5.41, 5.74) is 2.60. The minimum Gasteiger partial charge on any atom is -0.453 e. The number of carbonyl (C=O) groups excluding carboxylic acids is 2. The summed E-state index contributed by atoms with van der Waals surface area (Å²) >= 11 is 0. The summed E-state index contributed by atoms with van der Waals surface area (Å²) in [5.74, 6) is -0.427. The number of nitrogens with zero attached hydrogens (tertiary/aromatic N) is 1. The Morgan fingerprint density at radius 2 is 1.68 bits per heavy atom. The van der Waals surface area contributed by atoms with Gasteiger partial charge in [-0.2, -0.15) is 0 Å². The maximum absolute atomic E-state index is 12.2. The zero-order chi connectivity index (χ0) is 17.8. The predicted octanol–water partition coefficient (Wildman–Crippen LogP) is 4.40. The van der Waals surface area contributed by atoms with Crippen molar-refractivity contribution in [1.29, 1.82) is 0 Å². The molecule has 0 N–H and O–H groups in total. The summed E-state index contributed by atoms with van der Waals surface area (Å²) in [6.07, 6.45) is 0. The van der Waals surface area contributed by atoms with Crippen LogP contribution in [0.25, 0.3) is 10.9 Å². The van der Waals surface area contributed by atoms with Gasteiger partial charge in [0.1, 0.15) is 5.69 Å². The zero-order valence-corrected chi connectivity index (χ0v) is 14.2. The third-order valence-electron chi connectivity index (χ3n) is 4.04. The molecular formula is C21H19NO3. The second-order valence-electron chi connectivity index (χ2n) is 6.17. The monoisotopic (exact) mass is 333 g/mol. The lowest BCUT2D eigenvalue weighted by atomic mass is 10.0. The van der Waals surface area contributed by atoms with Crippen LogP contribution in [0, 0.1) is 0 Å². The summed E-state index contributed by atoms with van der Waals surface area (Å²) in [5, 5.41) is 0.945. The number of hydrogen-bond acceptors (Lipinski definition) is 4. The Morgan fingerprint density at radius 3 is 2.40 bits per heavy atom. The van der Waals surface area contributed by atoms with Crippen molar-refractivity contribution in [2.75, 3.05) is 6.61 Å². The molecule has 0 unspecified atom stereocenters. The van der Waals surface area contributed by atoms with Gasteiger partial charge in [0.25, 0.3) is 0 Å². The Balaban J connectivity index is 1.65. The molecule has 25 heavy (non-hydrogen) atoms. The van der Waals surface area contributed by atoms with E-state index in [9.17, 15) is 9.59 Å². The standard InChI is InChI=1S/C21H19NO3/c1-14(2)15-7-9-17(10-8-15)20(23)13-25-21(24)19-12-11-16-5-3-4-6-18(16)22-19/h3-12,14H,13H2,1-2H3. The second-order valence-corrected chi connectivity index (χ2v) is 6.17. The van der Waals surface area contributed by atoms with Gasteiger partial charge in [0.05, 0.1) is 5.52 Å². The van der Waals surface area contributed by atoms with Crippen molar-refractivity contribution in [1.82, 2.24) is 4.98 Å². The highest BCUT2D eigenvalue weighted by Gasteiger charge is 2.13. The highest BCUT2D eigenvalue weighted by atomic mass is 16.5. The summed E-state index contributed by atoms with van der Waals surface area (Å²) < 4.78 is 5.12. The first-order valence-electron chi connectivity index (χ1n) is 8.20. The van der Waals surface area contributed by atoms with Crippen LogP contribution >= 0.6 is 0 Å². The molecule has 0 spiro atoms. The third kappa shape index (κ3) is 3.91. The molecule has 0 radical (unpaired) electrons. The van der Waals surface area contributed by atoms with E-state index in [1.807, 2.05) is 42.5 Å². The smallest absolute Gasteiger partial charge is 0.357 e. The first kappa shape index (κ1) is 16.8. The summed E-state index contributed by atoms with van der Waals surface area (Å²) in [6, 6.07) is 18.3. The van der Waals surface area contributed by atoms with Gasteiger partial charge in [-0.15, -0.1) is 0 Å². The first-order valence-corrected chi connectivity index (χ1v) is 8.20. The molecule has 0 fully saturated rings. The van der Waals surface area contributed by atoms with Crippen LogP contribution in [0.3, 0.4) is 0 Å². The van der Waals surface area contributed by atoms with Crippen LogP contribution in [-0.2, 0) is 4.74 Å². The van der Waals surface area contributed by atoms with Gasteiger partial charge < -0.3 is 4.74 Å². The van der Waals surface area contributed by atoms with Gasteiger partial charge in [-0.1, -0.05) is 62.4 Å². The Labute approximate surface area is 146 Å². The van der Waals surface area contributed by atoms with Crippen molar-refractivity contribution < 1.29 is 14.3 Å². The highest BCUT2D eigenvalue weighted by Crippen LogP contribution is 2.15. The average Bonchev–Trinajstić information content (AvgIpc) is 2.65. The van der Waals surface area contributed by atoms with Crippen molar-refractivity contribution in [2.24, 2.45) is 0 Å². The fraction of sp³-hybridized carbons (Fsp3) is 0.190. The number of esters is 1. The average molecular weight is 333 g/mol. The molecule has 0 atom stereocenters. The molecule has 0 bridgehead atoms. The van der Waals surface area contributed by atoms with Crippen LogP contribution in [0.2, 0.25) is 0 Å². The van der Waals surface area contributed by atoms with Crippen LogP contribution < -0.4 is 0 Å². The second kappa shape index (κ2) is 7.26. The molecule has 0 aliphatic rings. The molecule has 3 aromatic rings. The van der Waals surface area contributed by atoms with Crippen molar-refractivity contribution >= 4 is 22.7 Å². The largest absolute Gasteiger partial charge is 0.453 e. The quantitative estimate of drug-likeness (QED) is 0.513. The van der Waals surface area contributed by atoms with E-state index in [-0.39, 0.29) is 18.1 Å². The summed E-state index contributed by atoms with van der Waals surface area (Å²) in [4.78, 5) is 28.6. The summed E-state index contributed by atoms with van der Waals surface area (Å²) in [6.45, 7) is 3.89. The van der Waals surface area contributed by atoms with E-state index in [4.69, 9.17) is 4.74 Å². The fourth-order valence-corrected chi connectivity index (χ4v) is 2.52. The number of hydrogen-bond donors (Lipinski definition) is 0. The van der Waals surface area contributed by atoms with Gasteiger partial charge in [-0.05, 0) is 23.6 Å². The van der Waals surface area contributed by atoms with Crippen LogP contribution in [0.5, 0.6) is 0 Å². The van der Waals surface area contributed by atoms with E-state index in [0.29, 0.717) is 17.0 Å². The van der Waals surface area contributed by atoms with E-state index in [1.54, 1.807) is 18.2 Å². The molecule has 0 amide bonds. The van der Waals surface area contributed by atoms with Gasteiger partial charge in [0, 0.05) is 10.9 Å². The fourth-order valence-electron chi connectivity index (χ4n) is 2.52. The number of Topliss-reactive ketones (excluding diaryl/α,β-unsaturated/α-hetero) is 1. The van der Waals surface area contributed by atoms with Crippen molar-refractivity contribution in [3.8, 4) is 0 Å². The minimum atomic E-state index is -0.599. The Hall–Kier alpha value is -3.01. The number of fused-ring (bicyclic) bond motifs is 1. The van der Waals surface area contributed by atoms with Gasteiger partial charge in [0.2, 0.25) is 0 Å². The number of pyridine rings is 1. The van der Waals surface area contributed by atoms with E-state index in [0.717, 1.165) is 10.9 Å². The van der Waals surface area contributed by atoms with Crippen molar-refractivity contribution in [3.05, 3.63) is 77.5 Å². The number of aromatic nitrogens is 1.